The van der Waals surface area contributed by atoms with Crippen LogP contribution in [0.5, 0.6) is 0 Å². The smallest absolute Gasteiger partial charge is 0.241 e. The number of amides is 2. The molecular formula is C20H22FN3O4S. The summed E-state index contributed by atoms with van der Waals surface area (Å²) in [5, 5.41) is 2.57. The van der Waals surface area contributed by atoms with E-state index in [4.69, 9.17) is 0 Å². The molecule has 2 aromatic rings. The third-order valence-electron chi connectivity index (χ3n) is 4.98. The highest BCUT2D eigenvalue weighted by atomic mass is 32.2. The molecule has 0 saturated carbocycles. The number of carbonyl (C=O) groups excluding carboxylic acids is 2. The molecule has 7 nitrogen and oxygen atoms in total. The molecule has 0 atom stereocenters. The molecular weight excluding hydrogens is 397 g/mol. The molecule has 2 amide bonds. The Hall–Kier alpha value is -2.78. The Morgan fingerprint density at radius 1 is 1.14 bits per heavy atom. The standard InChI is InChI=1S/C20H22FN3O4S/c1-20(2)16-10-15(8-9-17(16)24(3)19(20)26)29(27,28)23-12-18(25)22-11-13-4-6-14(21)7-5-13/h4-10,23H,11-12H2,1-3H3,(H,22,25). The second kappa shape index (κ2) is 7.57. The van der Waals surface area contributed by atoms with Gasteiger partial charge in [-0.05, 0) is 55.3 Å². The van der Waals surface area contributed by atoms with Crippen molar-refractivity contribution in [3.05, 3.63) is 59.4 Å². The number of likely N-dealkylation sites (N-methyl/N-ethyl adjacent to an activating group) is 1. The molecule has 0 aliphatic carbocycles. The Balaban J connectivity index is 1.66. The first-order valence-corrected chi connectivity index (χ1v) is 10.4. The molecule has 0 fully saturated rings. The van der Waals surface area contributed by atoms with Crippen LogP contribution in [0.1, 0.15) is 25.0 Å². The zero-order valence-corrected chi connectivity index (χ0v) is 17.1. The number of carbonyl (C=O) groups is 2. The van der Waals surface area contributed by atoms with E-state index in [0.29, 0.717) is 16.8 Å². The lowest BCUT2D eigenvalue weighted by atomic mass is 9.86. The Labute approximate surface area is 169 Å². The molecule has 0 radical (unpaired) electrons. The van der Waals surface area contributed by atoms with E-state index in [1.807, 2.05) is 0 Å². The van der Waals surface area contributed by atoms with Crippen molar-refractivity contribution >= 4 is 27.5 Å². The second-order valence-corrected chi connectivity index (χ2v) is 9.16. The topological polar surface area (TPSA) is 95.6 Å². The first kappa shape index (κ1) is 20.9. The maximum atomic E-state index is 12.9. The minimum Gasteiger partial charge on any atom is -0.351 e. The average molecular weight is 419 g/mol. The van der Waals surface area contributed by atoms with E-state index in [0.717, 1.165) is 0 Å². The van der Waals surface area contributed by atoms with E-state index in [1.54, 1.807) is 27.0 Å². The van der Waals surface area contributed by atoms with Gasteiger partial charge in [-0.15, -0.1) is 0 Å². The van der Waals surface area contributed by atoms with Crippen LogP contribution in [0.3, 0.4) is 0 Å². The second-order valence-electron chi connectivity index (χ2n) is 7.40. The molecule has 1 heterocycles. The average Bonchev–Trinajstić information content (AvgIpc) is 2.86. The largest absolute Gasteiger partial charge is 0.351 e. The van der Waals surface area contributed by atoms with Gasteiger partial charge in [-0.3, -0.25) is 9.59 Å². The number of halogens is 1. The molecule has 0 bridgehead atoms. The van der Waals surface area contributed by atoms with E-state index in [9.17, 15) is 22.4 Å². The summed E-state index contributed by atoms with van der Waals surface area (Å²) in [4.78, 5) is 25.8. The highest BCUT2D eigenvalue weighted by Gasteiger charge is 2.42. The number of fused-ring (bicyclic) bond motifs is 1. The van der Waals surface area contributed by atoms with Crippen LogP contribution in [0, 0.1) is 5.82 Å². The highest BCUT2D eigenvalue weighted by molar-refractivity contribution is 7.89. The number of nitrogens with one attached hydrogen (secondary N) is 2. The predicted octanol–water partition coefficient (Wildman–Crippen LogP) is 1.67. The monoisotopic (exact) mass is 419 g/mol. The van der Waals surface area contributed by atoms with Gasteiger partial charge in [-0.25, -0.2) is 17.5 Å². The summed E-state index contributed by atoms with van der Waals surface area (Å²) in [6.07, 6.45) is 0. The molecule has 0 aromatic heterocycles. The van der Waals surface area contributed by atoms with Crippen LogP contribution in [-0.4, -0.2) is 33.8 Å². The lowest BCUT2D eigenvalue weighted by Crippen LogP contribution is -2.36. The fourth-order valence-corrected chi connectivity index (χ4v) is 4.24. The van der Waals surface area contributed by atoms with Crippen LogP contribution in [0.25, 0.3) is 0 Å². The Kier molecular flexibility index (Phi) is 5.46. The van der Waals surface area contributed by atoms with Crippen molar-refractivity contribution in [2.24, 2.45) is 0 Å². The predicted molar refractivity (Wildman–Crippen MR) is 106 cm³/mol. The zero-order valence-electron chi connectivity index (χ0n) is 16.3. The molecule has 1 aliphatic heterocycles. The van der Waals surface area contributed by atoms with Gasteiger partial charge in [0, 0.05) is 19.3 Å². The molecule has 3 rings (SSSR count). The third-order valence-corrected chi connectivity index (χ3v) is 6.38. The Bertz CT molecular complexity index is 1070. The summed E-state index contributed by atoms with van der Waals surface area (Å²) < 4.78 is 40.3. The van der Waals surface area contributed by atoms with Crippen molar-refractivity contribution in [1.82, 2.24) is 10.0 Å². The van der Waals surface area contributed by atoms with Gasteiger partial charge in [0.25, 0.3) is 0 Å². The van der Waals surface area contributed by atoms with Crippen molar-refractivity contribution < 1.29 is 22.4 Å². The lowest BCUT2D eigenvalue weighted by Gasteiger charge is -2.16. The van der Waals surface area contributed by atoms with Gasteiger partial charge in [-0.2, -0.15) is 0 Å². The van der Waals surface area contributed by atoms with E-state index in [1.165, 1.54) is 41.3 Å². The molecule has 0 spiro atoms. The minimum atomic E-state index is -3.94. The number of anilines is 1. The first-order chi connectivity index (χ1) is 13.5. The maximum Gasteiger partial charge on any atom is 0.241 e. The quantitative estimate of drug-likeness (QED) is 0.745. The Morgan fingerprint density at radius 2 is 1.79 bits per heavy atom. The molecule has 0 saturated heterocycles. The van der Waals surface area contributed by atoms with Gasteiger partial charge in [0.05, 0.1) is 16.9 Å². The van der Waals surface area contributed by atoms with Crippen molar-refractivity contribution in [3.63, 3.8) is 0 Å². The van der Waals surface area contributed by atoms with Gasteiger partial charge >= 0.3 is 0 Å². The van der Waals surface area contributed by atoms with Crippen LogP contribution in [0.2, 0.25) is 0 Å². The van der Waals surface area contributed by atoms with Gasteiger partial charge in [-0.1, -0.05) is 12.1 Å². The molecule has 29 heavy (non-hydrogen) atoms. The maximum absolute atomic E-state index is 12.9. The van der Waals surface area contributed by atoms with Crippen LogP contribution in [0.15, 0.2) is 47.4 Å². The summed E-state index contributed by atoms with van der Waals surface area (Å²) in [7, 11) is -2.29. The summed E-state index contributed by atoms with van der Waals surface area (Å²) in [5.74, 6) is -1.01. The number of hydrogen-bond acceptors (Lipinski definition) is 4. The number of rotatable bonds is 6. The zero-order chi connectivity index (χ0) is 21.4. The van der Waals surface area contributed by atoms with E-state index in [2.05, 4.69) is 10.0 Å². The Morgan fingerprint density at radius 3 is 2.45 bits per heavy atom. The highest BCUT2D eigenvalue weighted by Crippen LogP contribution is 2.41. The van der Waals surface area contributed by atoms with Crippen LogP contribution in [-0.2, 0) is 31.6 Å². The van der Waals surface area contributed by atoms with E-state index in [-0.39, 0.29) is 23.2 Å². The fraction of sp³-hybridized carbons (Fsp3) is 0.300. The van der Waals surface area contributed by atoms with Crippen LogP contribution < -0.4 is 14.9 Å². The van der Waals surface area contributed by atoms with Crippen molar-refractivity contribution in [3.8, 4) is 0 Å². The molecule has 154 valence electrons. The van der Waals surface area contributed by atoms with Crippen molar-refractivity contribution in [2.45, 2.75) is 30.7 Å². The molecule has 2 N–H and O–H groups in total. The minimum absolute atomic E-state index is 0.0150. The molecule has 1 aliphatic rings. The van der Waals surface area contributed by atoms with E-state index >= 15 is 0 Å². The summed E-state index contributed by atoms with van der Waals surface area (Å²) in [5.41, 5.74) is 1.14. The van der Waals surface area contributed by atoms with Crippen LogP contribution >= 0.6 is 0 Å². The summed E-state index contributed by atoms with van der Waals surface area (Å²) in [6.45, 7) is 3.19. The number of benzene rings is 2. The first-order valence-electron chi connectivity index (χ1n) is 8.96. The summed E-state index contributed by atoms with van der Waals surface area (Å²) >= 11 is 0. The number of nitrogens with zero attached hydrogens (tertiary/aromatic N) is 1. The third kappa shape index (κ3) is 4.15. The number of sulfonamides is 1. The summed E-state index contributed by atoms with van der Waals surface area (Å²) in [6, 6.07) is 10.1. The lowest BCUT2D eigenvalue weighted by molar-refractivity contribution is -0.122. The van der Waals surface area contributed by atoms with Crippen molar-refractivity contribution in [2.75, 3.05) is 18.5 Å². The van der Waals surface area contributed by atoms with Crippen LogP contribution in [0.4, 0.5) is 10.1 Å². The fourth-order valence-electron chi connectivity index (χ4n) is 3.23. The van der Waals surface area contributed by atoms with Gasteiger partial charge < -0.3 is 10.2 Å². The normalized spacial score (nSPS) is 15.3. The van der Waals surface area contributed by atoms with E-state index < -0.39 is 27.9 Å². The SMILES string of the molecule is CN1C(=O)C(C)(C)c2cc(S(=O)(=O)NCC(=O)NCc3ccc(F)cc3)ccc21. The van der Waals surface area contributed by atoms with Gasteiger partial charge in [0.2, 0.25) is 21.8 Å². The number of hydrogen-bond donors (Lipinski definition) is 2. The van der Waals surface area contributed by atoms with Crippen molar-refractivity contribution in [1.29, 1.82) is 0 Å². The molecule has 2 aromatic carbocycles. The molecule has 0 unspecified atom stereocenters. The van der Waals surface area contributed by atoms with Gasteiger partial charge in [0.15, 0.2) is 0 Å². The molecule has 9 heteroatoms. The van der Waals surface area contributed by atoms with Gasteiger partial charge in [0.1, 0.15) is 5.82 Å².